The minimum Gasteiger partial charge on any atom is -0.567 e. The van der Waals surface area contributed by atoms with Crippen LogP contribution in [0.3, 0.4) is 0 Å². The number of aliphatic imine (C=N–C) groups is 1. The van der Waals surface area contributed by atoms with Crippen LogP contribution in [0.4, 0.5) is 5.69 Å². The van der Waals surface area contributed by atoms with Gasteiger partial charge < -0.3 is 4.65 Å². The summed E-state index contributed by atoms with van der Waals surface area (Å²) in [5.74, 6) is 0.613. The van der Waals surface area contributed by atoms with Crippen LogP contribution in [0.25, 0.3) is 0 Å². The maximum atomic E-state index is 5.16. The van der Waals surface area contributed by atoms with Crippen molar-refractivity contribution in [2.75, 3.05) is 0 Å². The van der Waals surface area contributed by atoms with Crippen LogP contribution < -0.4 is 4.65 Å². The first kappa shape index (κ1) is 10.5. The van der Waals surface area contributed by atoms with Gasteiger partial charge in [0.25, 0.3) is 0 Å². The van der Waals surface area contributed by atoms with Gasteiger partial charge in [-0.05, 0) is 24.3 Å². The van der Waals surface area contributed by atoms with E-state index in [4.69, 9.17) is 12.7 Å². The van der Waals surface area contributed by atoms with Crippen LogP contribution >= 0.6 is 0 Å². The van der Waals surface area contributed by atoms with Crippen molar-refractivity contribution in [2.24, 2.45) is 4.99 Å². The molecule has 0 bridgehead atoms. The van der Waals surface area contributed by atoms with E-state index in [1.807, 2.05) is 48.5 Å². The molecule has 2 rings (SSSR count). The molecule has 0 aliphatic rings. The topological polar surface area (TPSA) is 21.6 Å². The van der Waals surface area contributed by atoms with Crippen molar-refractivity contribution in [2.45, 2.75) is 0 Å². The normalized spacial score (nSPS) is 10.5. The second-order valence-corrected chi connectivity index (χ2v) is 3.25. The van der Waals surface area contributed by atoms with Crippen LogP contribution in [0.15, 0.2) is 59.6 Å². The lowest BCUT2D eigenvalue weighted by molar-refractivity contribution is 0.615. The highest BCUT2D eigenvalue weighted by Crippen LogP contribution is 2.16. The van der Waals surface area contributed by atoms with Gasteiger partial charge in [-0.1, -0.05) is 30.3 Å². The van der Waals surface area contributed by atoms with Gasteiger partial charge in [0.1, 0.15) is 5.75 Å². The minimum atomic E-state index is 0.613. The van der Waals surface area contributed by atoms with Gasteiger partial charge in [0.2, 0.25) is 0 Å². The number of nitrogens with zero attached hydrogens (tertiary/aromatic N) is 1. The summed E-state index contributed by atoms with van der Waals surface area (Å²) in [5.41, 5.74) is 1.75. The van der Waals surface area contributed by atoms with Crippen molar-refractivity contribution >= 4 is 20.0 Å². The first-order valence-corrected chi connectivity index (χ1v) is 4.95. The molecular weight excluding hydrogens is 197 g/mol. The summed E-state index contributed by atoms with van der Waals surface area (Å²) in [4.78, 5) is 4.32. The van der Waals surface area contributed by atoms with Crippen LogP contribution in [0.2, 0.25) is 0 Å². The number of hydrogen-bond donors (Lipinski definition) is 0. The molecule has 0 unspecified atom stereocenters. The predicted octanol–water partition coefficient (Wildman–Crippen LogP) is 2.90. The summed E-state index contributed by atoms with van der Waals surface area (Å²) in [6.45, 7) is 0. The fourth-order valence-electron chi connectivity index (χ4n) is 1.35. The number of benzene rings is 2. The molecule has 76 valence electrons. The fraction of sp³-hybridized carbons (Fsp3) is 0. The van der Waals surface area contributed by atoms with Gasteiger partial charge in [0, 0.05) is 11.8 Å². The van der Waals surface area contributed by atoms with Crippen molar-refractivity contribution in [3.8, 4) is 5.75 Å². The Labute approximate surface area is 96.0 Å². The van der Waals surface area contributed by atoms with Gasteiger partial charge in [-0.2, -0.15) is 0 Å². The monoisotopic (exact) mass is 207 g/mol. The number of hydrogen-bond acceptors (Lipinski definition) is 2. The largest absolute Gasteiger partial charge is 0.567 e. The third-order valence-electron chi connectivity index (χ3n) is 2.15. The maximum absolute atomic E-state index is 5.16. The molecule has 0 spiro atoms. The Morgan fingerprint density at radius 1 is 0.938 bits per heavy atom. The van der Waals surface area contributed by atoms with E-state index in [2.05, 4.69) is 4.99 Å². The third kappa shape index (κ3) is 2.51. The van der Waals surface area contributed by atoms with Gasteiger partial charge in [-0.25, -0.2) is 0 Å². The Morgan fingerprint density at radius 2 is 1.62 bits per heavy atom. The average Bonchev–Trinajstić information content (AvgIpc) is 2.38. The molecule has 2 aromatic carbocycles. The summed E-state index contributed by atoms with van der Waals surface area (Å²) in [5, 5.41) is 0. The van der Waals surface area contributed by atoms with Crippen LogP contribution in [-0.2, 0) is 0 Å². The molecule has 0 aromatic heterocycles. The van der Waals surface area contributed by atoms with E-state index in [9.17, 15) is 0 Å². The summed E-state index contributed by atoms with van der Waals surface area (Å²) < 4.78 is 4.74. The molecule has 0 amide bonds. The minimum absolute atomic E-state index is 0.613. The SMILES string of the molecule is [B]Oc1ccccc1C=Nc1ccccc1. The standard InChI is InChI=1S/C13H10BNO/c14-16-13-9-5-4-6-11(13)10-15-12-7-2-1-3-8-12/h1-10H. The maximum Gasteiger partial charge on any atom is 0.374 e. The highest BCUT2D eigenvalue weighted by molar-refractivity contribution is 6.01. The van der Waals surface area contributed by atoms with E-state index >= 15 is 0 Å². The summed E-state index contributed by atoms with van der Waals surface area (Å²) in [7, 11) is 5.16. The van der Waals surface area contributed by atoms with Crippen molar-refractivity contribution in [3.63, 3.8) is 0 Å². The Hall–Kier alpha value is -2.03. The molecule has 3 heteroatoms. The number of para-hydroxylation sites is 2. The molecule has 0 saturated carbocycles. The fourth-order valence-corrected chi connectivity index (χ4v) is 1.35. The molecule has 0 atom stereocenters. The average molecular weight is 207 g/mol. The molecule has 16 heavy (non-hydrogen) atoms. The van der Waals surface area contributed by atoms with Gasteiger partial charge in [-0.3, -0.25) is 4.99 Å². The van der Waals surface area contributed by atoms with Crippen LogP contribution in [-0.4, -0.2) is 14.3 Å². The molecule has 0 saturated heterocycles. The molecule has 2 radical (unpaired) electrons. The zero-order valence-corrected chi connectivity index (χ0v) is 8.71. The van der Waals surface area contributed by atoms with Crippen molar-refractivity contribution in [1.29, 1.82) is 0 Å². The second kappa shape index (κ2) is 5.17. The Kier molecular flexibility index (Phi) is 3.39. The van der Waals surface area contributed by atoms with Crippen LogP contribution in [0.1, 0.15) is 5.56 Å². The van der Waals surface area contributed by atoms with E-state index in [1.165, 1.54) is 0 Å². The van der Waals surface area contributed by atoms with E-state index in [0.29, 0.717) is 5.75 Å². The highest BCUT2D eigenvalue weighted by Gasteiger charge is 1.96. The van der Waals surface area contributed by atoms with Crippen LogP contribution in [0, 0.1) is 0 Å². The van der Waals surface area contributed by atoms with Crippen molar-refractivity contribution in [3.05, 3.63) is 60.2 Å². The molecule has 0 fully saturated rings. The Balaban J connectivity index is 2.24. The zero-order valence-electron chi connectivity index (χ0n) is 8.71. The Morgan fingerprint density at radius 3 is 2.38 bits per heavy atom. The lowest BCUT2D eigenvalue weighted by Gasteiger charge is -2.03. The van der Waals surface area contributed by atoms with Gasteiger partial charge in [-0.15, -0.1) is 0 Å². The summed E-state index contributed by atoms with van der Waals surface area (Å²) in [6.07, 6.45) is 1.73. The van der Waals surface area contributed by atoms with Gasteiger partial charge >= 0.3 is 8.05 Å². The first-order chi connectivity index (χ1) is 7.90. The lowest BCUT2D eigenvalue weighted by atomic mass is 10.2. The molecule has 2 aromatic rings. The smallest absolute Gasteiger partial charge is 0.374 e. The lowest BCUT2D eigenvalue weighted by Crippen LogP contribution is -1.90. The molecular formula is C13H10BNO. The van der Waals surface area contributed by atoms with E-state index in [-0.39, 0.29) is 0 Å². The van der Waals surface area contributed by atoms with E-state index in [0.717, 1.165) is 11.3 Å². The molecule has 0 aliphatic heterocycles. The van der Waals surface area contributed by atoms with E-state index < -0.39 is 0 Å². The van der Waals surface area contributed by atoms with Crippen molar-refractivity contribution in [1.82, 2.24) is 0 Å². The summed E-state index contributed by atoms with van der Waals surface area (Å²) in [6, 6.07) is 17.2. The number of rotatable bonds is 3. The third-order valence-corrected chi connectivity index (χ3v) is 2.15. The molecule has 0 heterocycles. The zero-order chi connectivity index (χ0) is 11.2. The van der Waals surface area contributed by atoms with Crippen molar-refractivity contribution < 1.29 is 4.65 Å². The predicted molar refractivity (Wildman–Crippen MR) is 66.5 cm³/mol. The Bertz CT molecular complexity index is 482. The highest BCUT2D eigenvalue weighted by atomic mass is 16.4. The summed E-state index contributed by atoms with van der Waals surface area (Å²) >= 11 is 0. The molecule has 2 nitrogen and oxygen atoms in total. The first-order valence-electron chi connectivity index (χ1n) is 4.95. The quantitative estimate of drug-likeness (QED) is 0.560. The van der Waals surface area contributed by atoms with E-state index in [1.54, 1.807) is 12.3 Å². The van der Waals surface area contributed by atoms with Gasteiger partial charge in [0.05, 0.1) is 5.69 Å². The second-order valence-electron chi connectivity index (χ2n) is 3.25. The van der Waals surface area contributed by atoms with Gasteiger partial charge in [0.15, 0.2) is 0 Å². The molecule has 0 N–H and O–H groups in total. The van der Waals surface area contributed by atoms with Crippen LogP contribution in [0.5, 0.6) is 5.75 Å². The molecule has 0 aliphatic carbocycles.